The fraction of sp³-hybridized carbons (Fsp3) is 0.571. The smallest absolute Gasteiger partial charge is 0.0958 e. The lowest BCUT2D eigenvalue weighted by Gasteiger charge is -2.47. The van der Waals surface area contributed by atoms with E-state index in [-0.39, 0.29) is 0 Å². The zero-order valence-electron chi connectivity index (χ0n) is 10.7. The van der Waals surface area contributed by atoms with Crippen LogP contribution in [-0.4, -0.2) is 24.9 Å². The average Bonchev–Trinajstić information content (AvgIpc) is 2.40. The van der Waals surface area contributed by atoms with Gasteiger partial charge >= 0.3 is 0 Å². The molecule has 18 heavy (non-hydrogen) atoms. The molecule has 4 heteroatoms. The van der Waals surface area contributed by atoms with Crippen molar-refractivity contribution in [1.82, 2.24) is 0 Å². The van der Waals surface area contributed by atoms with E-state index in [2.05, 4.69) is 0 Å². The number of hydrogen-bond acceptors (Lipinski definition) is 3. The van der Waals surface area contributed by atoms with Gasteiger partial charge in [0.05, 0.1) is 12.2 Å². The van der Waals surface area contributed by atoms with Crippen LogP contribution in [0.3, 0.4) is 0 Å². The van der Waals surface area contributed by atoms with Crippen molar-refractivity contribution in [2.24, 2.45) is 11.1 Å². The Balaban J connectivity index is 2.35. The summed E-state index contributed by atoms with van der Waals surface area (Å²) in [5.74, 6) is 0. The van der Waals surface area contributed by atoms with Crippen LogP contribution in [0, 0.1) is 5.41 Å². The van der Waals surface area contributed by atoms with Crippen molar-refractivity contribution in [1.29, 1.82) is 0 Å². The fourth-order valence-corrected chi connectivity index (χ4v) is 2.80. The third kappa shape index (κ3) is 2.28. The highest BCUT2D eigenvalue weighted by Crippen LogP contribution is 2.44. The first-order valence-electron chi connectivity index (χ1n) is 6.28. The lowest BCUT2D eigenvalue weighted by Crippen LogP contribution is -2.53. The molecule has 0 saturated carbocycles. The van der Waals surface area contributed by atoms with E-state index in [1.165, 1.54) is 0 Å². The second-order valence-electron chi connectivity index (χ2n) is 5.22. The molecular weight excluding hydrogens is 250 g/mol. The number of benzene rings is 1. The van der Waals surface area contributed by atoms with Gasteiger partial charge in [0.25, 0.3) is 0 Å². The normalized spacial score (nSPS) is 27.8. The molecule has 0 radical (unpaired) electrons. The van der Waals surface area contributed by atoms with E-state index < -0.39 is 11.0 Å². The number of ether oxygens (including phenoxy) is 1. The molecule has 0 aliphatic carbocycles. The number of aliphatic hydroxyl groups is 1. The van der Waals surface area contributed by atoms with Crippen molar-refractivity contribution < 1.29 is 9.84 Å². The van der Waals surface area contributed by atoms with Gasteiger partial charge in [0.1, 0.15) is 0 Å². The van der Waals surface area contributed by atoms with Crippen LogP contribution >= 0.6 is 11.6 Å². The second kappa shape index (κ2) is 5.17. The van der Waals surface area contributed by atoms with Gasteiger partial charge in [-0.15, -0.1) is 0 Å². The van der Waals surface area contributed by atoms with Crippen molar-refractivity contribution in [3.63, 3.8) is 0 Å². The summed E-state index contributed by atoms with van der Waals surface area (Å²) in [7, 11) is 0. The second-order valence-corrected chi connectivity index (χ2v) is 5.66. The largest absolute Gasteiger partial charge is 0.385 e. The minimum Gasteiger partial charge on any atom is -0.385 e. The molecule has 1 heterocycles. The summed E-state index contributed by atoms with van der Waals surface area (Å²) >= 11 is 5.89. The average molecular weight is 270 g/mol. The molecule has 1 aliphatic rings. The van der Waals surface area contributed by atoms with Crippen LogP contribution in [0.5, 0.6) is 0 Å². The van der Waals surface area contributed by atoms with E-state index in [0.717, 1.165) is 25.0 Å². The maximum atomic E-state index is 10.9. The number of hydrogen-bond donors (Lipinski definition) is 2. The molecule has 1 aromatic rings. The molecule has 3 nitrogen and oxygen atoms in total. The molecule has 0 bridgehead atoms. The Hall–Kier alpha value is -0.610. The summed E-state index contributed by atoms with van der Waals surface area (Å²) in [4.78, 5) is 0. The summed E-state index contributed by atoms with van der Waals surface area (Å²) in [5.41, 5.74) is 5.34. The molecule has 1 saturated heterocycles. The predicted octanol–water partition coefficient (Wildman–Crippen LogP) is 2.30. The van der Waals surface area contributed by atoms with E-state index in [9.17, 15) is 5.11 Å². The lowest BCUT2D eigenvalue weighted by atomic mass is 9.66. The van der Waals surface area contributed by atoms with Gasteiger partial charge in [0.15, 0.2) is 0 Å². The zero-order chi connectivity index (χ0) is 13.2. The Morgan fingerprint density at radius 2 is 2.11 bits per heavy atom. The van der Waals surface area contributed by atoms with Crippen LogP contribution < -0.4 is 5.73 Å². The third-order valence-electron chi connectivity index (χ3n) is 4.15. The van der Waals surface area contributed by atoms with Gasteiger partial charge < -0.3 is 15.6 Å². The monoisotopic (exact) mass is 269 g/mol. The van der Waals surface area contributed by atoms with E-state index in [0.29, 0.717) is 18.2 Å². The van der Waals surface area contributed by atoms with Gasteiger partial charge in [0, 0.05) is 23.6 Å². The van der Waals surface area contributed by atoms with Gasteiger partial charge in [-0.2, -0.15) is 0 Å². The summed E-state index contributed by atoms with van der Waals surface area (Å²) in [6.07, 6.45) is 1.81. The van der Waals surface area contributed by atoms with Crippen LogP contribution in [0.15, 0.2) is 24.3 Å². The van der Waals surface area contributed by atoms with Crippen LogP contribution in [0.25, 0.3) is 0 Å². The first-order valence-corrected chi connectivity index (χ1v) is 6.66. The molecule has 1 aliphatic heterocycles. The minimum atomic E-state index is -1.01. The Kier molecular flexibility index (Phi) is 3.97. The summed E-state index contributed by atoms with van der Waals surface area (Å²) < 4.78 is 5.54. The highest BCUT2D eigenvalue weighted by atomic mass is 35.5. The van der Waals surface area contributed by atoms with E-state index in [4.69, 9.17) is 22.1 Å². The SMILES string of the molecule is CC(O)(c1ccc(Cl)cc1)C1(CN)CCCOC1. The first-order chi connectivity index (χ1) is 8.52. The van der Waals surface area contributed by atoms with Crippen molar-refractivity contribution in [2.75, 3.05) is 19.8 Å². The van der Waals surface area contributed by atoms with Crippen LogP contribution in [0.2, 0.25) is 5.02 Å². The molecule has 1 aromatic carbocycles. The molecule has 2 rings (SSSR count). The standard InChI is InChI=1S/C14H20ClNO2/c1-13(17,11-3-5-12(15)6-4-11)14(9-16)7-2-8-18-10-14/h3-6,17H,2,7-10,16H2,1H3. The highest BCUT2D eigenvalue weighted by molar-refractivity contribution is 6.30. The topological polar surface area (TPSA) is 55.5 Å². The van der Waals surface area contributed by atoms with Gasteiger partial charge in [-0.25, -0.2) is 0 Å². The third-order valence-corrected chi connectivity index (χ3v) is 4.40. The van der Waals surface area contributed by atoms with Crippen molar-refractivity contribution in [3.8, 4) is 0 Å². The maximum absolute atomic E-state index is 10.9. The zero-order valence-corrected chi connectivity index (χ0v) is 11.4. The minimum absolute atomic E-state index is 0.405. The molecule has 0 spiro atoms. The molecule has 2 atom stereocenters. The first kappa shape index (κ1) is 13.8. The predicted molar refractivity (Wildman–Crippen MR) is 72.6 cm³/mol. The van der Waals surface area contributed by atoms with Crippen LogP contribution in [0.4, 0.5) is 0 Å². The Morgan fingerprint density at radius 3 is 2.61 bits per heavy atom. The maximum Gasteiger partial charge on any atom is 0.0958 e. The molecule has 0 aromatic heterocycles. The summed E-state index contributed by atoms with van der Waals surface area (Å²) in [6, 6.07) is 7.29. The van der Waals surface area contributed by atoms with Gasteiger partial charge in [0.2, 0.25) is 0 Å². The van der Waals surface area contributed by atoms with Gasteiger partial charge in [-0.3, -0.25) is 0 Å². The molecule has 2 unspecified atom stereocenters. The van der Waals surface area contributed by atoms with E-state index >= 15 is 0 Å². The highest BCUT2D eigenvalue weighted by Gasteiger charge is 2.48. The molecular formula is C14H20ClNO2. The fourth-order valence-electron chi connectivity index (χ4n) is 2.68. The van der Waals surface area contributed by atoms with Crippen molar-refractivity contribution in [2.45, 2.75) is 25.4 Å². The Morgan fingerprint density at radius 1 is 1.44 bits per heavy atom. The van der Waals surface area contributed by atoms with Gasteiger partial charge in [-0.05, 0) is 37.5 Å². The van der Waals surface area contributed by atoms with E-state index in [1.807, 2.05) is 19.1 Å². The van der Waals surface area contributed by atoms with Crippen molar-refractivity contribution >= 4 is 11.6 Å². The van der Waals surface area contributed by atoms with E-state index in [1.54, 1.807) is 12.1 Å². The number of rotatable bonds is 3. The summed E-state index contributed by atoms with van der Waals surface area (Å²) in [6.45, 7) is 3.47. The molecule has 1 fully saturated rings. The number of nitrogens with two attached hydrogens (primary N) is 1. The Labute approximate surface area is 113 Å². The van der Waals surface area contributed by atoms with Crippen LogP contribution in [-0.2, 0) is 10.3 Å². The molecule has 0 amide bonds. The van der Waals surface area contributed by atoms with Gasteiger partial charge in [-0.1, -0.05) is 23.7 Å². The molecule has 3 N–H and O–H groups in total. The number of halogens is 1. The van der Waals surface area contributed by atoms with Crippen molar-refractivity contribution in [3.05, 3.63) is 34.9 Å². The molecule has 100 valence electrons. The quantitative estimate of drug-likeness (QED) is 0.885. The van der Waals surface area contributed by atoms with Crippen LogP contribution in [0.1, 0.15) is 25.3 Å². The lowest BCUT2D eigenvalue weighted by molar-refractivity contribution is -0.139. The Bertz CT molecular complexity index is 397. The summed E-state index contributed by atoms with van der Waals surface area (Å²) in [5, 5.41) is 11.6.